The number of hydrogen-bond acceptors (Lipinski definition) is 3. The van der Waals surface area contributed by atoms with E-state index >= 15 is 0 Å². The van der Waals surface area contributed by atoms with Crippen molar-refractivity contribution >= 4 is 43.9 Å². The van der Waals surface area contributed by atoms with Gasteiger partial charge >= 0.3 is 0 Å². The van der Waals surface area contributed by atoms with Crippen LogP contribution in [-0.2, 0) is 5.41 Å². The van der Waals surface area contributed by atoms with Crippen molar-refractivity contribution in [2.75, 3.05) is 0 Å². The Morgan fingerprint density at radius 1 is 0.636 bits per heavy atom. The molecule has 0 aliphatic rings. The Bertz CT molecular complexity index is 2360. The normalized spacial score (nSPS) is 12.2. The summed E-state index contributed by atoms with van der Waals surface area (Å²) < 4.78 is 8.95. The highest BCUT2D eigenvalue weighted by Crippen LogP contribution is 2.40. The number of fused-ring (bicyclic) bond motifs is 6. The van der Waals surface area contributed by atoms with E-state index in [-0.39, 0.29) is 5.41 Å². The van der Waals surface area contributed by atoms with Crippen molar-refractivity contribution < 1.29 is 4.42 Å². The number of para-hydroxylation sites is 1. The fourth-order valence-electron chi connectivity index (χ4n) is 6.59. The Hall–Kier alpha value is -5.22. The van der Waals surface area contributed by atoms with E-state index in [1.54, 1.807) is 0 Å². The molecule has 3 aromatic heterocycles. The predicted octanol–water partition coefficient (Wildman–Crippen LogP) is 10.7. The molecule has 4 nitrogen and oxygen atoms in total. The third-order valence-electron chi connectivity index (χ3n) is 8.87. The van der Waals surface area contributed by atoms with Crippen LogP contribution < -0.4 is 0 Å². The summed E-state index contributed by atoms with van der Waals surface area (Å²) in [6, 6.07) is 38.6. The minimum absolute atomic E-state index is 0.0631. The monoisotopic (exact) mass is 571 g/mol. The molecular formula is C40H33N3O. The van der Waals surface area contributed by atoms with Crippen LogP contribution in [0.3, 0.4) is 0 Å². The van der Waals surface area contributed by atoms with Crippen molar-refractivity contribution in [3.8, 4) is 28.3 Å². The Labute approximate surface area is 256 Å². The van der Waals surface area contributed by atoms with Crippen LogP contribution in [0, 0.1) is 13.8 Å². The minimum Gasteiger partial charge on any atom is -0.437 e. The molecule has 0 N–H and O–H groups in total. The molecule has 0 bridgehead atoms. The maximum Gasteiger partial charge on any atom is 0.227 e. The predicted molar refractivity (Wildman–Crippen MR) is 183 cm³/mol. The van der Waals surface area contributed by atoms with Crippen LogP contribution in [0.5, 0.6) is 0 Å². The van der Waals surface area contributed by atoms with Crippen LogP contribution in [0.2, 0.25) is 0 Å². The van der Waals surface area contributed by atoms with Crippen LogP contribution >= 0.6 is 0 Å². The van der Waals surface area contributed by atoms with Crippen molar-refractivity contribution in [2.24, 2.45) is 0 Å². The highest BCUT2D eigenvalue weighted by molar-refractivity contribution is 6.11. The van der Waals surface area contributed by atoms with Crippen LogP contribution in [0.25, 0.3) is 72.2 Å². The van der Waals surface area contributed by atoms with Gasteiger partial charge in [-0.1, -0.05) is 93.6 Å². The summed E-state index contributed by atoms with van der Waals surface area (Å²) in [6.07, 6.45) is 0. The fraction of sp³-hybridized carbons (Fsp3) is 0.150. The average molecular weight is 572 g/mol. The highest BCUT2D eigenvalue weighted by atomic mass is 16.3. The van der Waals surface area contributed by atoms with Crippen LogP contribution in [0.15, 0.2) is 114 Å². The molecule has 44 heavy (non-hydrogen) atoms. The quantitative estimate of drug-likeness (QED) is 0.212. The van der Waals surface area contributed by atoms with Crippen molar-refractivity contribution in [1.29, 1.82) is 0 Å². The van der Waals surface area contributed by atoms with Gasteiger partial charge in [-0.15, -0.1) is 0 Å². The van der Waals surface area contributed by atoms with Gasteiger partial charge in [0.15, 0.2) is 0 Å². The van der Waals surface area contributed by atoms with Gasteiger partial charge in [-0.2, -0.15) is 0 Å². The van der Waals surface area contributed by atoms with E-state index in [0.29, 0.717) is 5.71 Å². The molecule has 214 valence electrons. The lowest BCUT2D eigenvalue weighted by Gasteiger charge is -2.20. The zero-order chi connectivity index (χ0) is 30.2. The van der Waals surface area contributed by atoms with Gasteiger partial charge in [0.25, 0.3) is 0 Å². The van der Waals surface area contributed by atoms with Gasteiger partial charge in [-0.25, -0.2) is 9.97 Å². The molecule has 0 spiro atoms. The smallest absolute Gasteiger partial charge is 0.227 e. The summed E-state index contributed by atoms with van der Waals surface area (Å²) >= 11 is 0. The Morgan fingerprint density at radius 2 is 1.36 bits per heavy atom. The van der Waals surface area contributed by atoms with Gasteiger partial charge in [0.2, 0.25) is 5.71 Å². The zero-order valence-electron chi connectivity index (χ0n) is 25.6. The van der Waals surface area contributed by atoms with Gasteiger partial charge in [0.05, 0.1) is 22.3 Å². The molecule has 0 aliphatic heterocycles. The number of nitrogens with zero attached hydrogens (tertiary/aromatic N) is 3. The van der Waals surface area contributed by atoms with Gasteiger partial charge in [0.1, 0.15) is 11.4 Å². The molecule has 0 radical (unpaired) electrons. The number of rotatable bonds is 3. The van der Waals surface area contributed by atoms with Crippen LogP contribution in [0.1, 0.15) is 37.5 Å². The summed E-state index contributed by atoms with van der Waals surface area (Å²) in [5, 5.41) is 4.38. The number of furan rings is 1. The first kappa shape index (κ1) is 26.4. The van der Waals surface area contributed by atoms with Crippen molar-refractivity contribution in [2.45, 2.75) is 40.0 Å². The van der Waals surface area contributed by atoms with E-state index in [4.69, 9.17) is 14.4 Å². The molecule has 8 rings (SSSR count). The molecule has 0 aliphatic carbocycles. The maximum atomic E-state index is 6.65. The first-order chi connectivity index (χ1) is 21.3. The molecule has 4 heteroatoms. The standard InChI is InChI=1S/C40H33N3O/c1-24-10-8-11-25(2)35(24)33-23-21-31-30-14-9-15-32(37(30)44-39(31)42-33)38-41-34-22-16-26-12-6-7-13-29(26)36(34)43(38)28-19-17-27(18-20-28)40(3,4)5/h6-23H,1-5H3. The minimum atomic E-state index is 0.0631. The Balaban J connectivity index is 1.40. The molecule has 5 aromatic carbocycles. The van der Waals surface area contributed by atoms with Gasteiger partial charge in [0, 0.05) is 27.4 Å². The lowest BCUT2D eigenvalue weighted by Crippen LogP contribution is -2.11. The van der Waals surface area contributed by atoms with Crippen molar-refractivity contribution in [3.05, 3.63) is 126 Å². The molecule has 0 atom stereocenters. The second-order valence-corrected chi connectivity index (χ2v) is 12.8. The van der Waals surface area contributed by atoms with Crippen LogP contribution in [0.4, 0.5) is 0 Å². The lowest BCUT2D eigenvalue weighted by molar-refractivity contribution is 0.590. The van der Waals surface area contributed by atoms with Gasteiger partial charge in [-0.3, -0.25) is 4.57 Å². The number of hydrogen-bond donors (Lipinski definition) is 0. The Kier molecular flexibility index (Phi) is 5.79. The number of pyridine rings is 1. The molecular weight excluding hydrogens is 538 g/mol. The maximum absolute atomic E-state index is 6.65. The third-order valence-corrected chi connectivity index (χ3v) is 8.87. The zero-order valence-corrected chi connectivity index (χ0v) is 25.6. The third kappa shape index (κ3) is 4.05. The van der Waals surface area contributed by atoms with Gasteiger partial charge < -0.3 is 4.42 Å². The molecule has 3 heterocycles. The summed E-state index contributed by atoms with van der Waals surface area (Å²) in [5.41, 5.74) is 11.3. The summed E-state index contributed by atoms with van der Waals surface area (Å²) in [5.74, 6) is 0.847. The van der Waals surface area contributed by atoms with E-state index in [9.17, 15) is 0 Å². The lowest BCUT2D eigenvalue weighted by atomic mass is 9.87. The van der Waals surface area contributed by atoms with Crippen molar-refractivity contribution in [1.82, 2.24) is 14.5 Å². The molecule has 0 saturated heterocycles. The van der Waals surface area contributed by atoms with E-state index in [0.717, 1.165) is 55.7 Å². The molecule has 8 aromatic rings. The molecule has 0 unspecified atom stereocenters. The SMILES string of the molecule is Cc1cccc(C)c1-c1ccc2c(n1)oc1c(-c3nc4ccc5ccccc5c4n3-c3ccc(C(C)(C)C)cc3)cccc12. The van der Waals surface area contributed by atoms with E-state index in [2.05, 4.69) is 148 Å². The fourth-order valence-corrected chi connectivity index (χ4v) is 6.59. The summed E-state index contributed by atoms with van der Waals surface area (Å²) in [4.78, 5) is 10.3. The summed E-state index contributed by atoms with van der Waals surface area (Å²) in [6.45, 7) is 11.0. The molecule has 0 fully saturated rings. The molecule has 0 saturated carbocycles. The second kappa shape index (κ2) is 9.65. The number of imidazole rings is 1. The van der Waals surface area contributed by atoms with E-state index in [1.165, 1.54) is 27.5 Å². The van der Waals surface area contributed by atoms with Crippen LogP contribution in [-0.4, -0.2) is 14.5 Å². The largest absolute Gasteiger partial charge is 0.437 e. The number of benzene rings is 5. The van der Waals surface area contributed by atoms with Crippen molar-refractivity contribution in [3.63, 3.8) is 0 Å². The van der Waals surface area contributed by atoms with Gasteiger partial charge in [-0.05, 0) is 77.7 Å². The summed E-state index contributed by atoms with van der Waals surface area (Å²) in [7, 11) is 0. The Morgan fingerprint density at radius 3 is 2.14 bits per heavy atom. The topological polar surface area (TPSA) is 43.9 Å². The number of aromatic nitrogens is 3. The first-order valence-electron chi connectivity index (χ1n) is 15.2. The van der Waals surface area contributed by atoms with E-state index in [1.807, 2.05) is 0 Å². The van der Waals surface area contributed by atoms with E-state index < -0.39 is 0 Å². The molecule has 0 amide bonds. The highest BCUT2D eigenvalue weighted by Gasteiger charge is 2.22. The average Bonchev–Trinajstić information content (AvgIpc) is 3.59. The number of aryl methyl sites for hydroxylation is 2. The first-order valence-corrected chi connectivity index (χ1v) is 15.2. The second-order valence-electron chi connectivity index (χ2n) is 12.8.